The highest BCUT2D eigenvalue weighted by Crippen LogP contribution is 2.26. The van der Waals surface area contributed by atoms with Gasteiger partial charge in [0, 0.05) is 29.2 Å². The largest absolute Gasteiger partial charge is 0.507 e. The van der Waals surface area contributed by atoms with E-state index in [0.717, 1.165) is 27.2 Å². The van der Waals surface area contributed by atoms with Crippen LogP contribution in [0.4, 0.5) is 0 Å². The van der Waals surface area contributed by atoms with Crippen molar-refractivity contribution in [1.82, 2.24) is 9.99 Å². The molecule has 0 aliphatic rings. The minimum Gasteiger partial charge on any atom is -0.507 e. The molecule has 6 aromatic rings. The number of fused-ring (bicyclic) bond motifs is 3. The molecular formula is C31H23N3O2. The molecule has 0 saturated heterocycles. The predicted octanol–water partition coefficient (Wildman–Crippen LogP) is 6.47. The van der Waals surface area contributed by atoms with E-state index < -0.39 is 5.91 Å². The summed E-state index contributed by atoms with van der Waals surface area (Å²) in [5.41, 5.74) is 5.97. The number of nitrogens with zero attached hydrogens (tertiary/aromatic N) is 2. The van der Waals surface area contributed by atoms with E-state index in [4.69, 9.17) is 0 Å². The third-order valence-electron chi connectivity index (χ3n) is 6.52. The van der Waals surface area contributed by atoms with E-state index in [0.29, 0.717) is 6.54 Å². The summed E-state index contributed by atoms with van der Waals surface area (Å²) in [6.45, 7) is 0.715. The number of phenols is 1. The first kappa shape index (κ1) is 21.6. The van der Waals surface area contributed by atoms with Gasteiger partial charge in [-0.1, -0.05) is 84.9 Å². The van der Waals surface area contributed by atoms with Crippen LogP contribution in [0.1, 0.15) is 21.5 Å². The molecule has 174 valence electrons. The number of aromatic hydroxyl groups is 1. The number of hydrazone groups is 1. The molecule has 0 aliphatic heterocycles. The molecule has 2 N–H and O–H groups in total. The van der Waals surface area contributed by atoms with Gasteiger partial charge in [-0.05, 0) is 45.3 Å². The van der Waals surface area contributed by atoms with Gasteiger partial charge in [-0.25, -0.2) is 5.43 Å². The molecule has 6 rings (SSSR count). The van der Waals surface area contributed by atoms with Crippen LogP contribution in [0.25, 0.3) is 32.4 Å². The molecule has 1 aromatic heterocycles. The third kappa shape index (κ3) is 3.97. The van der Waals surface area contributed by atoms with Crippen molar-refractivity contribution in [2.75, 3.05) is 0 Å². The highest BCUT2D eigenvalue weighted by Gasteiger charge is 2.13. The highest BCUT2D eigenvalue weighted by molar-refractivity contribution is 6.03. The van der Waals surface area contributed by atoms with Gasteiger partial charge in [0.1, 0.15) is 5.75 Å². The van der Waals surface area contributed by atoms with E-state index in [1.54, 1.807) is 18.3 Å². The average molecular weight is 470 g/mol. The number of hydrogen-bond acceptors (Lipinski definition) is 3. The van der Waals surface area contributed by atoms with Gasteiger partial charge in [-0.2, -0.15) is 5.10 Å². The lowest BCUT2D eigenvalue weighted by molar-refractivity contribution is 0.0952. The van der Waals surface area contributed by atoms with E-state index >= 15 is 0 Å². The zero-order chi connectivity index (χ0) is 24.5. The van der Waals surface area contributed by atoms with Crippen LogP contribution in [0.2, 0.25) is 0 Å². The SMILES string of the molecule is O=C(NN=Cc1cn(Cc2cccc3ccccc23)c2ccccc12)c1cc2ccccc2cc1O. The van der Waals surface area contributed by atoms with Crippen LogP contribution in [0, 0.1) is 0 Å². The number of hydrogen-bond donors (Lipinski definition) is 2. The lowest BCUT2D eigenvalue weighted by Crippen LogP contribution is -2.17. The number of para-hydroxylation sites is 1. The van der Waals surface area contributed by atoms with Crippen LogP contribution in [0.5, 0.6) is 5.75 Å². The summed E-state index contributed by atoms with van der Waals surface area (Å²) < 4.78 is 2.20. The van der Waals surface area contributed by atoms with E-state index in [2.05, 4.69) is 69.8 Å². The zero-order valence-electron chi connectivity index (χ0n) is 19.4. The summed E-state index contributed by atoms with van der Waals surface area (Å²) in [5.74, 6) is -0.540. The number of phenolic OH excluding ortho intramolecular Hbond substituents is 1. The lowest BCUT2D eigenvalue weighted by Gasteiger charge is -2.09. The third-order valence-corrected chi connectivity index (χ3v) is 6.52. The Labute approximate surface area is 207 Å². The molecule has 0 bridgehead atoms. The Morgan fingerprint density at radius 3 is 2.31 bits per heavy atom. The molecule has 0 spiro atoms. The first-order valence-electron chi connectivity index (χ1n) is 11.8. The average Bonchev–Trinajstić information content (AvgIpc) is 3.25. The number of nitrogens with one attached hydrogen (secondary N) is 1. The van der Waals surface area contributed by atoms with Gasteiger partial charge in [0.2, 0.25) is 0 Å². The molecule has 1 amide bonds. The van der Waals surface area contributed by atoms with E-state index in [9.17, 15) is 9.90 Å². The Morgan fingerprint density at radius 1 is 0.806 bits per heavy atom. The number of aromatic nitrogens is 1. The van der Waals surface area contributed by atoms with Gasteiger partial charge >= 0.3 is 0 Å². The van der Waals surface area contributed by atoms with Crippen molar-refractivity contribution in [3.63, 3.8) is 0 Å². The molecule has 5 aromatic carbocycles. The molecule has 0 atom stereocenters. The normalized spacial score (nSPS) is 11.6. The zero-order valence-corrected chi connectivity index (χ0v) is 19.4. The molecule has 0 radical (unpaired) electrons. The molecule has 5 heteroatoms. The Hall–Kier alpha value is -4.90. The first-order valence-corrected chi connectivity index (χ1v) is 11.8. The Kier molecular flexibility index (Phi) is 5.43. The van der Waals surface area contributed by atoms with Crippen molar-refractivity contribution in [1.29, 1.82) is 0 Å². The number of benzene rings is 5. The van der Waals surface area contributed by atoms with Gasteiger partial charge in [0.15, 0.2) is 0 Å². The molecule has 5 nitrogen and oxygen atoms in total. The summed E-state index contributed by atoms with van der Waals surface area (Å²) in [6, 6.07) is 33.8. The monoisotopic (exact) mass is 469 g/mol. The van der Waals surface area contributed by atoms with Gasteiger partial charge in [0.25, 0.3) is 5.91 Å². The van der Waals surface area contributed by atoms with Crippen molar-refractivity contribution in [2.24, 2.45) is 5.10 Å². The topological polar surface area (TPSA) is 66.6 Å². The summed E-state index contributed by atoms with van der Waals surface area (Å²) in [4.78, 5) is 12.7. The summed E-state index contributed by atoms with van der Waals surface area (Å²) in [6.07, 6.45) is 3.70. The smallest absolute Gasteiger partial charge is 0.275 e. The summed E-state index contributed by atoms with van der Waals surface area (Å²) in [5, 5.41) is 19.8. The quantitative estimate of drug-likeness (QED) is 0.225. The second-order valence-corrected chi connectivity index (χ2v) is 8.78. The summed E-state index contributed by atoms with van der Waals surface area (Å²) in [7, 11) is 0. The van der Waals surface area contributed by atoms with Crippen molar-refractivity contribution in [2.45, 2.75) is 6.54 Å². The number of carbonyl (C=O) groups excluding carboxylic acids is 1. The van der Waals surface area contributed by atoms with Gasteiger partial charge in [-0.3, -0.25) is 4.79 Å². The van der Waals surface area contributed by atoms with Crippen molar-refractivity contribution < 1.29 is 9.90 Å². The van der Waals surface area contributed by atoms with Gasteiger partial charge < -0.3 is 9.67 Å². The number of carbonyl (C=O) groups is 1. The minimum absolute atomic E-state index is 0.0758. The Bertz CT molecular complexity index is 1780. The fourth-order valence-corrected chi connectivity index (χ4v) is 4.75. The maximum atomic E-state index is 12.7. The van der Waals surface area contributed by atoms with Crippen LogP contribution in [0.3, 0.4) is 0 Å². The molecule has 0 unspecified atom stereocenters. The molecule has 0 saturated carbocycles. The molecule has 0 fully saturated rings. The Morgan fingerprint density at radius 2 is 1.47 bits per heavy atom. The van der Waals surface area contributed by atoms with Crippen molar-refractivity contribution in [3.05, 3.63) is 126 Å². The molecule has 36 heavy (non-hydrogen) atoms. The Balaban J connectivity index is 1.28. The fourth-order valence-electron chi connectivity index (χ4n) is 4.75. The van der Waals surface area contributed by atoms with Crippen LogP contribution in [0.15, 0.2) is 114 Å². The molecular weight excluding hydrogens is 446 g/mol. The summed E-state index contributed by atoms with van der Waals surface area (Å²) >= 11 is 0. The highest BCUT2D eigenvalue weighted by atomic mass is 16.3. The van der Waals surface area contributed by atoms with E-state index in [1.807, 2.05) is 42.5 Å². The predicted molar refractivity (Wildman–Crippen MR) is 146 cm³/mol. The van der Waals surface area contributed by atoms with Gasteiger partial charge in [-0.15, -0.1) is 0 Å². The van der Waals surface area contributed by atoms with Crippen molar-refractivity contribution >= 4 is 44.6 Å². The van der Waals surface area contributed by atoms with Crippen LogP contribution in [-0.4, -0.2) is 21.8 Å². The maximum absolute atomic E-state index is 12.7. The lowest BCUT2D eigenvalue weighted by atomic mass is 10.0. The first-order chi connectivity index (χ1) is 17.7. The second-order valence-electron chi connectivity index (χ2n) is 8.78. The minimum atomic E-state index is -0.464. The molecule has 1 heterocycles. The molecule has 0 aliphatic carbocycles. The van der Waals surface area contributed by atoms with E-state index in [1.165, 1.54) is 16.3 Å². The maximum Gasteiger partial charge on any atom is 0.275 e. The number of amides is 1. The van der Waals surface area contributed by atoms with Crippen LogP contribution < -0.4 is 5.43 Å². The number of rotatable bonds is 5. The van der Waals surface area contributed by atoms with E-state index in [-0.39, 0.29) is 11.3 Å². The van der Waals surface area contributed by atoms with Crippen LogP contribution in [-0.2, 0) is 6.54 Å². The van der Waals surface area contributed by atoms with Crippen molar-refractivity contribution in [3.8, 4) is 5.75 Å². The van der Waals surface area contributed by atoms with Gasteiger partial charge in [0.05, 0.1) is 11.8 Å². The second kappa shape index (κ2) is 9.04. The standard InChI is InChI=1S/C31H23N3O2/c35-30-17-23-10-2-1-9-22(23)16-28(30)31(36)33-32-18-25-20-34(29-15-6-5-14-27(25)29)19-24-12-7-11-21-8-3-4-13-26(21)24/h1-18,20,35H,19H2,(H,33,36). The van der Waals surface area contributed by atoms with Crippen LogP contribution >= 0.6 is 0 Å². The fraction of sp³-hybridized carbons (Fsp3) is 0.0323.